The van der Waals surface area contributed by atoms with Gasteiger partial charge in [0.25, 0.3) is 0 Å². The Morgan fingerprint density at radius 3 is 0.875 bits per heavy atom. The van der Waals surface area contributed by atoms with Crippen molar-refractivity contribution in [3.63, 3.8) is 0 Å². The molecular formula is C14H24N2O8. The molecule has 10 heteroatoms. The van der Waals surface area contributed by atoms with Crippen molar-refractivity contribution in [3.05, 3.63) is 0 Å². The second-order valence-electron chi connectivity index (χ2n) is 6.41. The largest absolute Gasteiger partial charge is 0.480 e. The van der Waals surface area contributed by atoms with Gasteiger partial charge in [-0.3, -0.25) is 29.0 Å². The third-order valence-corrected chi connectivity index (χ3v) is 4.38. The number of hydrogen-bond acceptors (Lipinski definition) is 6. The van der Waals surface area contributed by atoms with Crippen molar-refractivity contribution in [2.75, 3.05) is 26.2 Å². The van der Waals surface area contributed by atoms with Crippen LogP contribution >= 0.6 is 0 Å². The molecule has 0 heterocycles. The Bertz CT molecular complexity index is 437. The van der Waals surface area contributed by atoms with Gasteiger partial charge in [-0.05, 0) is 27.7 Å². The molecule has 0 aliphatic carbocycles. The highest BCUT2D eigenvalue weighted by molar-refractivity contribution is 5.74. The summed E-state index contributed by atoms with van der Waals surface area (Å²) in [5.41, 5.74) is -2.32. The summed E-state index contributed by atoms with van der Waals surface area (Å²) in [6.45, 7) is 3.86. The van der Waals surface area contributed by atoms with E-state index < -0.39 is 61.1 Å². The summed E-state index contributed by atoms with van der Waals surface area (Å²) < 4.78 is 0. The molecule has 0 aromatic rings. The van der Waals surface area contributed by atoms with Gasteiger partial charge in [-0.1, -0.05) is 0 Å². The van der Waals surface area contributed by atoms with E-state index in [2.05, 4.69) is 0 Å². The van der Waals surface area contributed by atoms with Crippen molar-refractivity contribution in [3.8, 4) is 0 Å². The fraction of sp³-hybridized carbons (Fsp3) is 0.714. The molecule has 0 unspecified atom stereocenters. The quantitative estimate of drug-likeness (QED) is 0.383. The molecule has 0 bridgehead atoms. The zero-order valence-corrected chi connectivity index (χ0v) is 14.1. The Balaban J connectivity index is 5.81. The second kappa shape index (κ2) is 8.06. The van der Waals surface area contributed by atoms with Gasteiger partial charge in [0.15, 0.2) is 0 Å². The fourth-order valence-corrected chi connectivity index (χ4v) is 2.33. The van der Waals surface area contributed by atoms with E-state index in [1.807, 2.05) is 0 Å². The van der Waals surface area contributed by atoms with E-state index in [4.69, 9.17) is 20.4 Å². The number of carboxylic acids is 4. The average molecular weight is 348 g/mol. The van der Waals surface area contributed by atoms with E-state index in [-0.39, 0.29) is 0 Å². The summed E-state index contributed by atoms with van der Waals surface area (Å²) in [5.74, 6) is -4.99. The lowest BCUT2D eigenvalue weighted by Crippen LogP contribution is -2.68. The van der Waals surface area contributed by atoms with Crippen molar-refractivity contribution in [1.29, 1.82) is 0 Å². The predicted molar refractivity (Wildman–Crippen MR) is 81.8 cm³/mol. The molecule has 10 nitrogen and oxygen atoms in total. The van der Waals surface area contributed by atoms with Crippen molar-refractivity contribution in [2.24, 2.45) is 0 Å². The molecule has 0 aromatic heterocycles. The van der Waals surface area contributed by atoms with E-state index in [1.165, 1.54) is 0 Å². The lowest BCUT2D eigenvalue weighted by Gasteiger charge is -2.53. The molecular weight excluding hydrogens is 324 g/mol. The molecule has 0 fully saturated rings. The maximum absolute atomic E-state index is 11.1. The van der Waals surface area contributed by atoms with Gasteiger partial charge in [-0.15, -0.1) is 0 Å². The Morgan fingerprint density at radius 2 is 0.750 bits per heavy atom. The molecule has 0 aliphatic rings. The fourth-order valence-electron chi connectivity index (χ4n) is 2.33. The number of hydrogen-bond donors (Lipinski definition) is 4. The molecule has 0 amide bonds. The van der Waals surface area contributed by atoms with Gasteiger partial charge in [0.2, 0.25) is 0 Å². The van der Waals surface area contributed by atoms with Gasteiger partial charge >= 0.3 is 23.9 Å². The summed E-state index contributed by atoms with van der Waals surface area (Å²) in [7, 11) is 0. The first-order valence-electron chi connectivity index (χ1n) is 7.09. The molecule has 0 aromatic carbocycles. The van der Waals surface area contributed by atoms with Crippen LogP contribution in [0.4, 0.5) is 0 Å². The lowest BCUT2D eigenvalue weighted by molar-refractivity contribution is -0.155. The molecule has 0 aliphatic heterocycles. The standard InChI is InChI=1S/C14H24N2O8/c1-13(2,15(5-9(17)18)6-10(19)20)14(3,4)16(7-11(21)22)8-12(23)24/h5-8H2,1-4H3,(H,17,18)(H,19,20)(H,21,22)(H,23,24). The minimum Gasteiger partial charge on any atom is -0.480 e. The van der Waals surface area contributed by atoms with Crippen LogP contribution in [0.3, 0.4) is 0 Å². The van der Waals surface area contributed by atoms with E-state index in [1.54, 1.807) is 27.7 Å². The highest BCUT2D eigenvalue weighted by Crippen LogP contribution is 2.33. The van der Waals surface area contributed by atoms with Gasteiger partial charge in [0.1, 0.15) is 0 Å². The SMILES string of the molecule is CC(C)(N(CC(=O)O)CC(=O)O)C(C)(C)N(CC(=O)O)CC(=O)O. The summed E-state index contributed by atoms with van der Waals surface area (Å²) in [6, 6.07) is 0. The average Bonchev–Trinajstić information content (AvgIpc) is 2.34. The maximum Gasteiger partial charge on any atom is 0.317 e. The van der Waals surface area contributed by atoms with Gasteiger partial charge in [0.05, 0.1) is 26.2 Å². The second-order valence-corrected chi connectivity index (χ2v) is 6.41. The molecule has 138 valence electrons. The third kappa shape index (κ3) is 5.78. The number of rotatable bonds is 11. The number of carbonyl (C=O) groups is 4. The molecule has 0 atom stereocenters. The third-order valence-electron chi connectivity index (χ3n) is 4.38. The highest BCUT2D eigenvalue weighted by atomic mass is 16.4. The van der Waals surface area contributed by atoms with E-state index >= 15 is 0 Å². The Labute approximate surface area is 139 Å². The van der Waals surface area contributed by atoms with Crippen molar-refractivity contribution >= 4 is 23.9 Å². The van der Waals surface area contributed by atoms with E-state index in [9.17, 15) is 19.2 Å². The predicted octanol–water partition coefficient (Wildman–Crippen LogP) is -0.514. The Kier molecular flexibility index (Phi) is 7.32. The zero-order valence-electron chi connectivity index (χ0n) is 14.1. The summed E-state index contributed by atoms with van der Waals surface area (Å²) in [6.07, 6.45) is 0. The van der Waals surface area contributed by atoms with Crippen LogP contribution in [-0.4, -0.2) is 91.4 Å². The first-order valence-corrected chi connectivity index (χ1v) is 7.09. The van der Waals surface area contributed by atoms with Crippen LogP contribution in [0.25, 0.3) is 0 Å². The molecule has 4 N–H and O–H groups in total. The summed E-state index contributed by atoms with van der Waals surface area (Å²) >= 11 is 0. The zero-order chi connectivity index (χ0) is 19.3. The first kappa shape index (κ1) is 21.8. The van der Waals surface area contributed by atoms with Crippen LogP contribution in [-0.2, 0) is 19.2 Å². The van der Waals surface area contributed by atoms with Crippen LogP contribution in [0.5, 0.6) is 0 Å². The van der Waals surface area contributed by atoms with E-state index in [0.29, 0.717) is 0 Å². The van der Waals surface area contributed by atoms with Gasteiger partial charge in [-0.2, -0.15) is 0 Å². The van der Waals surface area contributed by atoms with Crippen LogP contribution < -0.4 is 0 Å². The topological polar surface area (TPSA) is 156 Å². The first-order chi connectivity index (χ1) is 10.7. The molecule has 0 radical (unpaired) electrons. The number of aliphatic carboxylic acids is 4. The molecule has 0 spiro atoms. The Hall–Kier alpha value is -2.20. The lowest BCUT2D eigenvalue weighted by atomic mass is 9.79. The summed E-state index contributed by atoms with van der Waals surface area (Å²) in [4.78, 5) is 46.5. The minimum atomic E-state index is -1.25. The van der Waals surface area contributed by atoms with Crippen LogP contribution in [0.15, 0.2) is 0 Å². The van der Waals surface area contributed by atoms with Gasteiger partial charge < -0.3 is 20.4 Å². The normalized spacial score (nSPS) is 12.4. The molecule has 24 heavy (non-hydrogen) atoms. The maximum atomic E-state index is 11.1. The Morgan fingerprint density at radius 1 is 0.583 bits per heavy atom. The number of nitrogens with zero attached hydrogens (tertiary/aromatic N) is 2. The van der Waals surface area contributed by atoms with Gasteiger partial charge in [0, 0.05) is 11.1 Å². The van der Waals surface area contributed by atoms with Crippen LogP contribution in [0.1, 0.15) is 27.7 Å². The molecule has 0 saturated carbocycles. The molecule has 0 saturated heterocycles. The van der Waals surface area contributed by atoms with Crippen LogP contribution in [0.2, 0.25) is 0 Å². The van der Waals surface area contributed by atoms with Crippen LogP contribution in [0, 0.1) is 0 Å². The monoisotopic (exact) mass is 348 g/mol. The van der Waals surface area contributed by atoms with Gasteiger partial charge in [-0.25, -0.2) is 0 Å². The highest BCUT2D eigenvalue weighted by Gasteiger charge is 2.47. The number of carboxylic acid groups (broad SMARTS) is 4. The summed E-state index contributed by atoms with van der Waals surface area (Å²) in [5, 5.41) is 36.1. The minimum absolute atomic E-state index is 0.587. The van der Waals surface area contributed by atoms with Crippen molar-refractivity contribution < 1.29 is 39.6 Å². The molecule has 0 rings (SSSR count). The van der Waals surface area contributed by atoms with E-state index in [0.717, 1.165) is 9.80 Å². The van der Waals surface area contributed by atoms with Crippen molar-refractivity contribution in [1.82, 2.24) is 9.80 Å². The smallest absolute Gasteiger partial charge is 0.317 e. The van der Waals surface area contributed by atoms with Crippen molar-refractivity contribution in [2.45, 2.75) is 38.8 Å².